The summed E-state index contributed by atoms with van der Waals surface area (Å²) >= 11 is 6.18. The number of aliphatic hydroxyl groups excluding tert-OH is 2. The molecule has 0 radical (unpaired) electrons. The number of amides is 5. The molecule has 0 fully saturated rings. The van der Waals surface area contributed by atoms with E-state index in [1.807, 2.05) is 0 Å². The van der Waals surface area contributed by atoms with Crippen LogP contribution in [0.2, 0.25) is 0 Å². The van der Waals surface area contributed by atoms with Crippen LogP contribution in [-0.4, -0.2) is 76.2 Å². The van der Waals surface area contributed by atoms with Gasteiger partial charge in [-0.1, -0.05) is 32.4 Å². The normalized spacial score (nSPS) is 15.5. The molecule has 0 aromatic heterocycles. The summed E-state index contributed by atoms with van der Waals surface area (Å²) in [6.45, 7) is 3.96. The Morgan fingerprint density at radius 3 is 2.12 bits per heavy atom. The second-order valence-corrected chi connectivity index (χ2v) is 12.0. The molecule has 0 saturated heterocycles. The molecule has 13 nitrogen and oxygen atoms in total. The second-order valence-electron chi connectivity index (χ2n) is 10.4. The largest absolute Gasteiger partial charge is 0.392 e. The van der Waals surface area contributed by atoms with E-state index in [-0.39, 0.29) is 46.8 Å². The maximum absolute atomic E-state index is 13.3. The summed E-state index contributed by atoms with van der Waals surface area (Å²) in [6, 6.07) is 4.78. The molecule has 2 rings (SSSR count). The summed E-state index contributed by atoms with van der Waals surface area (Å²) in [5.41, 5.74) is 6.47. The highest BCUT2D eigenvalue weighted by molar-refractivity contribution is 9.14. The molecule has 238 valence electrons. The maximum atomic E-state index is 13.3. The minimum absolute atomic E-state index is 0.135. The Balaban J connectivity index is 1.91. The zero-order chi connectivity index (χ0) is 32.1. The first-order valence-electron chi connectivity index (χ1n) is 14.0. The Morgan fingerprint density at radius 1 is 0.930 bits per heavy atom. The van der Waals surface area contributed by atoms with E-state index in [4.69, 9.17) is 5.73 Å². The molecule has 15 heteroatoms. The van der Waals surface area contributed by atoms with Gasteiger partial charge >= 0.3 is 0 Å². The minimum atomic E-state index is -1.21. The van der Waals surface area contributed by atoms with Crippen LogP contribution in [0.25, 0.3) is 0 Å². The average Bonchev–Trinajstić information content (AvgIpc) is 3.14. The maximum Gasteiger partial charge on any atom is 0.269 e. The number of carbonyl (C=O) groups is 5. The predicted octanol–water partition coefficient (Wildman–Crippen LogP) is 1.28. The number of halogens is 2. The van der Waals surface area contributed by atoms with E-state index in [1.54, 1.807) is 38.1 Å². The van der Waals surface area contributed by atoms with E-state index in [9.17, 15) is 34.2 Å². The van der Waals surface area contributed by atoms with E-state index < -0.39 is 42.1 Å². The van der Waals surface area contributed by atoms with Crippen LogP contribution in [0.4, 0.5) is 5.69 Å². The summed E-state index contributed by atoms with van der Waals surface area (Å²) in [4.78, 5) is 64.4. The van der Waals surface area contributed by atoms with Gasteiger partial charge in [0, 0.05) is 18.7 Å². The quantitative estimate of drug-likeness (QED) is 0.0660. The monoisotopic (exact) mass is 730 g/mol. The third kappa shape index (κ3) is 11.7. The number of imide groups is 1. The molecule has 43 heavy (non-hydrogen) atoms. The fourth-order valence-corrected chi connectivity index (χ4v) is 5.01. The zero-order valence-electron chi connectivity index (χ0n) is 24.2. The van der Waals surface area contributed by atoms with Crippen LogP contribution in [0.15, 0.2) is 33.2 Å². The fourth-order valence-electron chi connectivity index (χ4n) is 4.24. The molecule has 8 N–H and O–H groups in total. The van der Waals surface area contributed by atoms with E-state index in [1.165, 1.54) is 0 Å². The smallest absolute Gasteiger partial charge is 0.269 e. The zero-order valence-corrected chi connectivity index (χ0v) is 27.4. The summed E-state index contributed by atoms with van der Waals surface area (Å²) in [5, 5.41) is 29.4. The highest BCUT2D eigenvalue weighted by atomic mass is 79.9. The van der Waals surface area contributed by atoms with Gasteiger partial charge in [0.1, 0.15) is 21.0 Å². The van der Waals surface area contributed by atoms with Crippen LogP contribution in [0.5, 0.6) is 0 Å². The summed E-state index contributed by atoms with van der Waals surface area (Å²) < 4.78 is 0.384. The van der Waals surface area contributed by atoms with Crippen molar-refractivity contribution in [1.82, 2.24) is 20.9 Å². The van der Waals surface area contributed by atoms with Gasteiger partial charge in [0.05, 0.1) is 6.61 Å². The number of benzene rings is 1. The van der Waals surface area contributed by atoms with E-state index >= 15 is 0 Å². The van der Waals surface area contributed by atoms with Crippen molar-refractivity contribution in [2.45, 2.75) is 77.4 Å². The van der Waals surface area contributed by atoms with Crippen LogP contribution in [0.1, 0.15) is 57.9 Å². The van der Waals surface area contributed by atoms with E-state index in [0.29, 0.717) is 43.5 Å². The molecule has 0 spiro atoms. The fraction of sp³-hybridized carbons (Fsp3) is 0.536. The van der Waals surface area contributed by atoms with Crippen molar-refractivity contribution in [3.8, 4) is 0 Å². The summed E-state index contributed by atoms with van der Waals surface area (Å²) in [6.07, 6.45) is 1.18. The molecular formula is C28H40Br2N6O7. The van der Waals surface area contributed by atoms with Gasteiger partial charge in [0.15, 0.2) is 6.35 Å². The number of aliphatic hydroxyl groups is 2. The Kier molecular flexibility index (Phi) is 15.4. The molecule has 5 amide bonds. The summed E-state index contributed by atoms with van der Waals surface area (Å²) in [5.74, 6) is -2.39. The van der Waals surface area contributed by atoms with E-state index in [2.05, 4.69) is 53.1 Å². The number of hydrogen-bond donors (Lipinski definition) is 7. The number of nitrogens with zero attached hydrogens (tertiary/aromatic N) is 1. The average molecular weight is 732 g/mol. The Bertz CT molecular complexity index is 1150. The van der Waals surface area contributed by atoms with Crippen molar-refractivity contribution in [2.75, 3.05) is 18.4 Å². The number of rotatable bonds is 18. The van der Waals surface area contributed by atoms with Gasteiger partial charge in [-0.05, 0) is 87.7 Å². The van der Waals surface area contributed by atoms with Gasteiger partial charge in [-0.15, -0.1) is 0 Å². The van der Waals surface area contributed by atoms with Crippen molar-refractivity contribution in [1.29, 1.82) is 0 Å². The lowest BCUT2D eigenvalue weighted by atomic mass is 10.0. The number of nitrogens with two attached hydrogens (primary N) is 1. The van der Waals surface area contributed by atoms with Gasteiger partial charge in [-0.25, -0.2) is 0 Å². The lowest BCUT2D eigenvalue weighted by Gasteiger charge is -2.25. The van der Waals surface area contributed by atoms with Gasteiger partial charge in [-0.3, -0.25) is 39.9 Å². The van der Waals surface area contributed by atoms with Crippen LogP contribution < -0.4 is 27.0 Å². The van der Waals surface area contributed by atoms with Crippen molar-refractivity contribution in [3.05, 3.63) is 38.8 Å². The lowest BCUT2D eigenvalue weighted by Crippen LogP contribution is -2.54. The molecule has 1 aliphatic heterocycles. The van der Waals surface area contributed by atoms with Crippen LogP contribution >= 0.6 is 31.9 Å². The standard InChI is InChI=1S/C28H40Br2N6O7/c1-16(2)23(35-20(38)8-4-3-5-14-36-26(41)21(29)22(30)27(36)42)25(40)34-19(7-6-13-32-28(31)43)24(39)33-18-11-9-17(15-37)10-12-18/h9-12,16,19,23,28,32,37,43H,3-8,13-15,31H2,1-2H3,(H,33,39)(H,34,40)(H,35,38)/t19-,23-,28?/m0/s1. The Hall–Kier alpha value is -2.69. The van der Waals surface area contributed by atoms with Gasteiger partial charge < -0.3 is 26.2 Å². The number of hydrogen-bond acceptors (Lipinski definition) is 9. The first-order valence-corrected chi connectivity index (χ1v) is 15.6. The number of carbonyl (C=O) groups excluding carboxylic acids is 5. The third-order valence-electron chi connectivity index (χ3n) is 6.67. The predicted molar refractivity (Wildman–Crippen MR) is 167 cm³/mol. The van der Waals surface area contributed by atoms with Gasteiger partial charge in [-0.2, -0.15) is 0 Å². The number of nitrogens with one attached hydrogen (secondary N) is 4. The highest BCUT2D eigenvalue weighted by Crippen LogP contribution is 2.29. The van der Waals surface area contributed by atoms with Gasteiger partial charge in [0.2, 0.25) is 17.7 Å². The second kappa shape index (κ2) is 18.2. The highest BCUT2D eigenvalue weighted by Gasteiger charge is 2.35. The first-order chi connectivity index (χ1) is 20.3. The third-order valence-corrected chi connectivity index (χ3v) is 8.67. The topological polar surface area (TPSA) is 203 Å². The molecule has 0 saturated carbocycles. The number of unbranched alkanes of at least 4 members (excludes halogenated alkanes) is 2. The van der Waals surface area contributed by atoms with Crippen LogP contribution in [0, 0.1) is 5.92 Å². The summed E-state index contributed by atoms with van der Waals surface area (Å²) in [7, 11) is 0. The molecule has 3 atom stereocenters. The van der Waals surface area contributed by atoms with Crippen molar-refractivity contribution < 1.29 is 34.2 Å². The molecule has 1 aromatic rings. The van der Waals surface area contributed by atoms with E-state index in [0.717, 1.165) is 4.90 Å². The van der Waals surface area contributed by atoms with Gasteiger partial charge in [0.25, 0.3) is 11.8 Å². The SMILES string of the molecule is CC(C)[C@H](NC(=O)CCCCCN1C(=O)C(Br)=C(Br)C1=O)C(=O)N[C@@H](CCCNC(N)O)C(=O)Nc1ccc(CO)cc1. The van der Waals surface area contributed by atoms with Crippen molar-refractivity contribution >= 4 is 67.1 Å². The molecule has 0 aliphatic carbocycles. The van der Waals surface area contributed by atoms with Crippen LogP contribution in [-0.2, 0) is 30.6 Å². The molecule has 0 bridgehead atoms. The molecule has 1 unspecified atom stereocenters. The molecule has 1 heterocycles. The molecular weight excluding hydrogens is 692 g/mol. The van der Waals surface area contributed by atoms with Crippen molar-refractivity contribution in [2.24, 2.45) is 11.7 Å². The lowest BCUT2D eigenvalue weighted by molar-refractivity contribution is -0.137. The Labute approximate surface area is 267 Å². The minimum Gasteiger partial charge on any atom is -0.392 e. The first kappa shape index (κ1) is 36.5. The molecule has 1 aliphatic rings. The Morgan fingerprint density at radius 2 is 1.56 bits per heavy atom. The number of anilines is 1. The van der Waals surface area contributed by atoms with Crippen molar-refractivity contribution in [3.63, 3.8) is 0 Å². The molecule has 1 aromatic carbocycles. The van der Waals surface area contributed by atoms with Crippen LogP contribution in [0.3, 0.4) is 0 Å².